The number of halogens is 1. The summed E-state index contributed by atoms with van der Waals surface area (Å²) in [6.45, 7) is 2.72. The Bertz CT molecular complexity index is 398. The predicted molar refractivity (Wildman–Crippen MR) is 73.4 cm³/mol. The van der Waals surface area contributed by atoms with Gasteiger partial charge in [0.2, 0.25) is 0 Å². The molecule has 1 rings (SSSR count). The number of nitrogens with zero attached hydrogens (tertiary/aromatic N) is 2. The molecule has 0 saturated heterocycles. The minimum absolute atomic E-state index is 0.0115. The molecule has 2 N–H and O–H groups in total. The summed E-state index contributed by atoms with van der Waals surface area (Å²) in [6.07, 6.45) is 0.518. The highest BCUT2D eigenvalue weighted by molar-refractivity contribution is 9.10. The lowest BCUT2D eigenvalue weighted by atomic mass is 9.99. The minimum Gasteiger partial charge on any atom is -0.326 e. The second kappa shape index (κ2) is 6.75. The molecule has 0 aliphatic carbocycles. The van der Waals surface area contributed by atoms with E-state index >= 15 is 0 Å². The van der Waals surface area contributed by atoms with Crippen LogP contribution in [0, 0.1) is 11.3 Å². The number of likely N-dealkylation sites (N-methyl/N-ethyl adjacent to an activating group) is 1. The Hall–Kier alpha value is -0.890. The first kappa shape index (κ1) is 14.2. The van der Waals surface area contributed by atoms with Gasteiger partial charge in [0.1, 0.15) is 0 Å². The molecule has 0 fully saturated rings. The minimum atomic E-state index is 0.0115. The molecule has 0 heterocycles. The highest BCUT2D eigenvalue weighted by Crippen LogP contribution is 2.28. The molecule has 17 heavy (non-hydrogen) atoms. The van der Waals surface area contributed by atoms with Crippen LogP contribution < -0.4 is 5.73 Å². The highest BCUT2D eigenvalue weighted by Gasteiger charge is 2.22. The molecule has 4 heteroatoms. The van der Waals surface area contributed by atoms with Gasteiger partial charge in [-0.05, 0) is 25.6 Å². The van der Waals surface area contributed by atoms with Gasteiger partial charge in [-0.25, -0.2) is 0 Å². The van der Waals surface area contributed by atoms with Crippen LogP contribution in [0.2, 0.25) is 0 Å². The lowest BCUT2D eigenvalue weighted by molar-refractivity contribution is 0.223. The van der Waals surface area contributed by atoms with E-state index in [0.29, 0.717) is 6.42 Å². The van der Waals surface area contributed by atoms with Gasteiger partial charge < -0.3 is 5.73 Å². The molecule has 1 aromatic rings. The second-order valence-corrected chi connectivity index (χ2v) is 5.07. The Morgan fingerprint density at radius 3 is 2.65 bits per heavy atom. The first-order chi connectivity index (χ1) is 8.07. The normalized spacial score (nSPS) is 14.4. The topological polar surface area (TPSA) is 53.0 Å². The van der Waals surface area contributed by atoms with Crippen molar-refractivity contribution in [3.63, 3.8) is 0 Å². The van der Waals surface area contributed by atoms with Gasteiger partial charge in [-0.15, -0.1) is 0 Å². The van der Waals surface area contributed by atoms with Crippen molar-refractivity contribution in [1.82, 2.24) is 4.90 Å². The number of rotatable bonds is 5. The molecular formula is C13H18BrN3. The Balaban J connectivity index is 2.94. The molecule has 92 valence electrons. The number of nitriles is 1. The van der Waals surface area contributed by atoms with E-state index in [1.165, 1.54) is 5.56 Å². The van der Waals surface area contributed by atoms with Crippen LogP contribution in [0.1, 0.15) is 24.9 Å². The number of hydrogen-bond acceptors (Lipinski definition) is 3. The van der Waals surface area contributed by atoms with Crippen molar-refractivity contribution in [2.45, 2.75) is 25.4 Å². The fourth-order valence-electron chi connectivity index (χ4n) is 2.00. The van der Waals surface area contributed by atoms with Crippen molar-refractivity contribution < 1.29 is 0 Å². The van der Waals surface area contributed by atoms with E-state index in [1.54, 1.807) is 0 Å². The molecule has 1 aromatic carbocycles. The van der Waals surface area contributed by atoms with E-state index in [2.05, 4.69) is 33.0 Å². The smallest absolute Gasteiger partial charge is 0.0635 e. The number of nitrogens with two attached hydrogens (primary N) is 1. The van der Waals surface area contributed by atoms with Gasteiger partial charge in [-0.1, -0.05) is 34.1 Å². The Morgan fingerprint density at radius 1 is 1.47 bits per heavy atom. The number of hydrogen-bond donors (Lipinski definition) is 1. The van der Waals surface area contributed by atoms with Gasteiger partial charge in [0.25, 0.3) is 0 Å². The lowest BCUT2D eigenvalue weighted by Gasteiger charge is -2.31. The summed E-state index contributed by atoms with van der Waals surface area (Å²) in [5, 5.41) is 8.64. The van der Waals surface area contributed by atoms with E-state index < -0.39 is 0 Å². The average Bonchev–Trinajstić information content (AvgIpc) is 2.29. The second-order valence-electron chi connectivity index (χ2n) is 4.21. The molecular weight excluding hydrogens is 278 g/mol. The first-order valence-electron chi connectivity index (χ1n) is 5.65. The van der Waals surface area contributed by atoms with Crippen molar-refractivity contribution in [2.24, 2.45) is 5.73 Å². The molecule has 0 aliphatic rings. The van der Waals surface area contributed by atoms with Crippen LogP contribution in [-0.4, -0.2) is 24.5 Å². The third-order valence-electron chi connectivity index (χ3n) is 2.77. The highest BCUT2D eigenvalue weighted by atomic mass is 79.9. The predicted octanol–water partition coefficient (Wildman–Crippen LogP) is 2.68. The van der Waals surface area contributed by atoms with Gasteiger partial charge in [0, 0.05) is 23.5 Å². The SMILES string of the molecule is CC(N)C(c1ccccc1Br)N(C)CCC#N. The summed E-state index contributed by atoms with van der Waals surface area (Å²) in [5.41, 5.74) is 7.23. The third-order valence-corrected chi connectivity index (χ3v) is 3.50. The summed E-state index contributed by atoms with van der Waals surface area (Å²) in [7, 11) is 2.00. The van der Waals surface area contributed by atoms with Gasteiger partial charge in [0.15, 0.2) is 0 Å². The van der Waals surface area contributed by atoms with Gasteiger partial charge in [0.05, 0.1) is 12.1 Å². The fourth-order valence-corrected chi connectivity index (χ4v) is 2.52. The molecule has 3 nitrogen and oxygen atoms in total. The molecule has 0 aromatic heterocycles. The van der Waals surface area contributed by atoms with Crippen LogP contribution in [0.5, 0.6) is 0 Å². The van der Waals surface area contributed by atoms with Crippen molar-refractivity contribution in [2.75, 3.05) is 13.6 Å². The summed E-state index contributed by atoms with van der Waals surface area (Å²) in [6, 6.07) is 10.4. The van der Waals surface area contributed by atoms with Crippen molar-refractivity contribution >= 4 is 15.9 Å². The maximum absolute atomic E-state index is 8.64. The van der Waals surface area contributed by atoms with Crippen LogP contribution in [0.3, 0.4) is 0 Å². The van der Waals surface area contributed by atoms with Gasteiger partial charge in [-0.2, -0.15) is 5.26 Å². The summed E-state index contributed by atoms with van der Waals surface area (Å²) < 4.78 is 1.06. The zero-order valence-corrected chi connectivity index (χ0v) is 11.8. The van der Waals surface area contributed by atoms with Crippen molar-refractivity contribution in [1.29, 1.82) is 5.26 Å². The van der Waals surface area contributed by atoms with Crippen molar-refractivity contribution in [3.05, 3.63) is 34.3 Å². The zero-order valence-electron chi connectivity index (χ0n) is 10.2. The van der Waals surface area contributed by atoms with E-state index in [-0.39, 0.29) is 12.1 Å². The molecule has 2 unspecified atom stereocenters. The quantitative estimate of drug-likeness (QED) is 0.909. The maximum atomic E-state index is 8.64. The maximum Gasteiger partial charge on any atom is 0.0635 e. The standard InChI is InChI=1S/C13H18BrN3/c1-10(16)13(17(2)9-5-8-15)11-6-3-4-7-12(11)14/h3-4,6-7,10,13H,5,9,16H2,1-2H3. The van der Waals surface area contributed by atoms with E-state index in [4.69, 9.17) is 11.0 Å². The molecule has 0 saturated carbocycles. The number of benzene rings is 1. The van der Waals surface area contributed by atoms with Crippen molar-refractivity contribution in [3.8, 4) is 6.07 Å². The van der Waals surface area contributed by atoms with E-state index in [0.717, 1.165) is 11.0 Å². The largest absolute Gasteiger partial charge is 0.326 e. The monoisotopic (exact) mass is 295 g/mol. The van der Waals surface area contributed by atoms with Crippen LogP contribution in [0.4, 0.5) is 0 Å². The molecule has 0 bridgehead atoms. The van der Waals surface area contributed by atoms with Gasteiger partial charge in [-0.3, -0.25) is 4.90 Å². The van der Waals surface area contributed by atoms with Crippen LogP contribution in [0.15, 0.2) is 28.7 Å². The van der Waals surface area contributed by atoms with Crippen LogP contribution in [-0.2, 0) is 0 Å². The molecule has 0 amide bonds. The first-order valence-corrected chi connectivity index (χ1v) is 6.44. The molecule has 2 atom stereocenters. The lowest BCUT2D eigenvalue weighted by Crippen LogP contribution is -2.37. The van der Waals surface area contributed by atoms with Crippen LogP contribution in [0.25, 0.3) is 0 Å². The average molecular weight is 296 g/mol. The van der Waals surface area contributed by atoms with Crippen LogP contribution >= 0.6 is 15.9 Å². The third kappa shape index (κ3) is 3.81. The molecule has 0 radical (unpaired) electrons. The summed E-state index contributed by atoms with van der Waals surface area (Å²) in [5.74, 6) is 0. The Kier molecular flexibility index (Phi) is 5.63. The molecule has 0 spiro atoms. The Labute approximate surface area is 111 Å². The van der Waals surface area contributed by atoms with Gasteiger partial charge >= 0.3 is 0 Å². The van der Waals surface area contributed by atoms with E-state index in [9.17, 15) is 0 Å². The van der Waals surface area contributed by atoms with E-state index in [1.807, 2.05) is 32.2 Å². The summed E-state index contributed by atoms with van der Waals surface area (Å²) >= 11 is 3.55. The summed E-state index contributed by atoms with van der Waals surface area (Å²) in [4.78, 5) is 2.13. The zero-order chi connectivity index (χ0) is 12.8. The molecule has 0 aliphatic heterocycles. The fraction of sp³-hybridized carbons (Fsp3) is 0.462. The Morgan fingerprint density at radius 2 is 2.12 bits per heavy atom.